The highest BCUT2D eigenvalue weighted by molar-refractivity contribution is 5.97. The molecule has 0 bridgehead atoms. The van der Waals surface area contributed by atoms with Gasteiger partial charge in [0.15, 0.2) is 5.82 Å². The van der Waals surface area contributed by atoms with E-state index in [-0.39, 0.29) is 5.56 Å². The van der Waals surface area contributed by atoms with Crippen LogP contribution >= 0.6 is 0 Å². The summed E-state index contributed by atoms with van der Waals surface area (Å²) in [7, 11) is 0. The number of allylic oxidation sites excluding steroid dienone is 2. The summed E-state index contributed by atoms with van der Waals surface area (Å²) in [6, 6.07) is 54.6. The monoisotopic (exact) mass is 694 g/mol. The summed E-state index contributed by atoms with van der Waals surface area (Å²) >= 11 is 0. The third kappa shape index (κ3) is 4.42. The number of benzene rings is 6. The van der Waals surface area contributed by atoms with E-state index in [2.05, 4.69) is 127 Å². The van der Waals surface area contributed by atoms with E-state index in [0.717, 1.165) is 78.1 Å². The number of hydrogen-bond donors (Lipinski definition) is 0. The summed E-state index contributed by atoms with van der Waals surface area (Å²) in [5, 5.41) is 2.26. The Balaban J connectivity index is 1.33. The number of fused-ring (bicyclic) bond motifs is 8. The standard InChI is InChI=1S/C49H34N4O/c1-3-4-22-36-32(2)35-23-17-27-40-46(35)53(48(36)54)44-30-16-13-26-39(44)49(40)37-24-11-14-28-42(37)52(43-29-15-12-25-38(43)49)45-31-41(33-18-7-5-8-19-33)50-47(51-45)34-20-9-6-10-21-34/h3-31H,2H2,1H3/b4-3-,36-22+. The molecule has 0 saturated heterocycles. The molecule has 8 aromatic rings. The third-order valence-electron chi connectivity index (χ3n) is 10.9. The zero-order chi connectivity index (χ0) is 36.4. The summed E-state index contributed by atoms with van der Waals surface area (Å²) in [5.41, 5.74) is 9.95. The van der Waals surface area contributed by atoms with Crippen LogP contribution in [-0.2, 0) is 5.41 Å². The molecule has 0 radical (unpaired) electrons. The van der Waals surface area contributed by atoms with Crippen LogP contribution in [0, 0.1) is 0 Å². The molecule has 2 aliphatic rings. The van der Waals surface area contributed by atoms with Crippen LogP contribution in [0.15, 0.2) is 175 Å². The van der Waals surface area contributed by atoms with Crippen molar-refractivity contribution in [1.82, 2.24) is 14.5 Å². The first-order valence-corrected chi connectivity index (χ1v) is 18.2. The highest BCUT2D eigenvalue weighted by atomic mass is 16.1. The van der Waals surface area contributed by atoms with Gasteiger partial charge in [0.1, 0.15) is 5.82 Å². The van der Waals surface area contributed by atoms with E-state index in [1.54, 1.807) is 0 Å². The van der Waals surface area contributed by atoms with E-state index in [4.69, 9.17) is 9.97 Å². The number of anilines is 3. The molecule has 10 rings (SSSR count). The summed E-state index contributed by atoms with van der Waals surface area (Å²) < 4.78 is 1.91. The molecule has 0 saturated carbocycles. The summed E-state index contributed by atoms with van der Waals surface area (Å²) in [5.74, 6) is 1.41. The normalized spacial score (nSPS) is 13.9. The highest BCUT2D eigenvalue weighted by Gasteiger charge is 2.50. The van der Waals surface area contributed by atoms with Crippen LogP contribution in [0.4, 0.5) is 17.2 Å². The van der Waals surface area contributed by atoms with Gasteiger partial charge in [-0.25, -0.2) is 9.97 Å². The molecular weight excluding hydrogens is 661 g/mol. The van der Waals surface area contributed by atoms with Crippen molar-refractivity contribution in [2.75, 3.05) is 4.90 Å². The third-order valence-corrected chi connectivity index (χ3v) is 10.9. The van der Waals surface area contributed by atoms with E-state index in [1.807, 2.05) is 72.2 Å². The molecular formula is C49H34N4O. The topological polar surface area (TPSA) is 51.0 Å². The van der Waals surface area contributed by atoms with E-state index in [0.29, 0.717) is 11.0 Å². The Kier molecular flexibility index (Phi) is 7.17. The van der Waals surface area contributed by atoms with Crippen molar-refractivity contribution in [3.8, 4) is 28.3 Å². The van der Waals surface area contributed by atoms with E-state index >= 15 is 0 Å². The van der Waals surface area contributed by atoms with Gasteiger partial charge in [0.25, 0.3) is 5.56 Å². The van der Waals surface area contributed by atoms with Crippen molar-refractivity contribution in [2.45, 2.75) is 12.3 Å². The molecule has 2 aliphatic heterocycles. The molecule has 5 nitrogen and oxygen atoms in total. The number of rotatable bonds is 4. The zero-order valence-corrected chi connectivity index (χ0v) is 29.6. The molecule has 0 fully saturated rings. The maximum Gasteiger partial charge on any atom is 0.263 e. The van der Waals surface area contributed by atoms with Crippen molar-refractivity contribution >= 4 is 40.8 Å². The number of para-hydroxylation sites is 4. The zero-order valence-electron chi connectivity index (χ0n) is 29.6. The van der Waals surface area contributed by atoms with Crippen LogP contribution in [0.25, 0.3) is 51.9 Å². The molecule has 54 heavy (non-hydrogen) atoms. The maximum absolute atomic E-state index is 14.6. The lowest BCUT2D eigenvalue weighted by molar-refractivity contribution is 0.706. The first kappa shape index (κ1) is 31.6. The number of aromatic nitrogens is 3. The molecule has 6 aromatic carbocycles. The van der Waals surface area contributed by atoms with Gasteiger partial charge in [0, 0.05) is 27.8 Å². The predicted octanol–water partition coefficient (Wildman–Crippen LogP) is 9.36. The second-order valence-corrected chi connectivity index (χ2v) is 13.7. The van der Waals surface area contributed by atoms with E-state index < -0.39 is 5.41 Å². The number of nitrogens with zero attached hydrogens (tertiary/aromatic N) is 4. The Labute approximate surface area is 312 Å². The van der Waals surface area contributed by atoms with E-state index in [9.17, 15) is 4.79 Å². The molecule has 0 unspecified atom stereocenters. The molecule has 1 spiro atoms. The minimum Gasteiger partial charge on any atom is -0.294 e. The molecule has 0 amide bonds. The molecule has 256 valence electrons. The predicted molar refractivity (Wildman–Crippen MR) is 220 cm³/mol. The quantitative estimate of drug-likeness (QED) is 0.184. The molecule has 0 aliphatic carbocycles. The lowest BCUT2D eigenvalue weighted by atomic mass is 9.60. The smallest absolute Gasteiger partial charge is 0.263 e. The van der Waals surface area contributed by atoms with Crippen LogP contribution in [-0.4, -0.2) is 14.5 Å². The van der Waals surface area contributed by atoms with Crippen LogP contribution < -0.4 is 20.9 Å². The average Bonchev–Trinajstić information content (AvgIpc) is 3.23. The Hall–Kier alpha value is -7.11. The largest absolute Gasteiger partial charge is 0.294 e. The van der Waals surface area contributed by atoms with Crippen LogP contribution in [0.1, 0.15) is 29.2 Å². The molecule has 4 heterocycles. The van der Waals surface area contributed by atoms with Gasteiger partial charge in [-0.15, -0.1) is 0 Å². The first-order valence-electron chi connectivity index (χ1n) is 18.2. The van der Waals surface area contributed by atoms with Gasteiger partial charge >= 0.3 is 0 Å². The molecule has 0 atom stereocenters. The molecule has 5 heteroatoms. The van der Waals surface area contributed by atoms with Gasteiger partial charge in [-0.3, -0.25) is 14.3 Å². The fourth-order valence-corrected chi connectivity index (χ4v) is 8.65. The highest BCUT2D eigenvalue weighted by Crippen LogP contribution is 2.60. The van der Waals surface area contributed by atoms with Crippen LogP contribution in [0.3, 0.4) is 0 Å². The van der Waals surface area contributed by atoms with Gasteiger partial charge in [-0.2, -0.15) is 0 Å². The number of hydrogen-bond acceptors (Lipinski definition) is 4. The van der Waals surface area contributed by atoms with Gasteiger partial charge < -0.3 is 0 Å². The summed E-state index contributed by atoms with van der Waals surface area (Å²) in [4.78, 5) is 27.3. The van der Waals surface area contributed by atoms with Gasteiger partial charge in [0.2, 0.25) is 0 Å². The van der Waals surface area contributed by atoms with Crippen molar-refractivity contribution in [2.24, 2.45) is 0 Å². The lowest BCUT2D eigenvalue weighted by Gasteiger charge is -2.48. The number of pyridine rings is 1. The van der Waals surface area contributed by atoms with Crippen molar-refractivity contribution in [3.05, 3.63) is 213 Å². The van der Waals surface area contributed by atoms with Gasteiger partial charge in [-0.1, -0.05) is 152 Å². The Bertz CT molecular complexity index is 2900. The minimum absolute atomic E-state index is 0.0813. The maximum atomic E-state index is 14.6. The van der Waals surface area contributed by atoms with Crippen molar-refractivity contribution in [3.63, 3.8) is 0 Å². The van der Waals surface area contributed by atoms with Crippen LogP contribution in [0.2, 0.25) is 0 Å². The van der Waals surface area contributed by atoms with E-state index in [1.165, 1.54) is 0 Å². The van der Waals surface area contributed by atoms with Crippen molar-refractivity contribution in [1.29, 1.82) is 0 Å². The van der Waals surface area contributed by atoms with Gasteiger partial charge in [-0.05, 0) is 58.7 Å². The SMILES string of the molecule is C=c1/c(=C\C=C/C)c(=O)n2c3c(cccc13)C1(c3ccccc3N(c3cc(-c4ccccc4)nc(-c4ccccc4)n3)c3ccccc31)c1ccccc1-2. The molecule has 2 aromatic heterocycles. The second-order valence-electron chi connectivity index (χ2n) is 13.7. The first-order chi connectivity index (χ1) is 26.6. The molecule has 0 N–H and O–H groups in total. The fraction of sp³-hybridized carbons (Fsp3) is 0.0408. The summed E-state index contributed by atoms with van der Waals surface area (Å²) in [6.45, 7) is 6.45. The fourth-order valence-electron chi connectivity index (χ4n) is 8.65. The van der Waals surface area contributed by atoms with Crippen molar-refractivity contribution < 1.29 is 0 Å². The Morgan fingerprint density at radius 3 is 1.81 bits per heavy atom. The average molecular weight is 695 g/mol. The second kappa shape index (κ2) is 12.2. The summed E-state index contributed by atoms with van der Waals surface area (Å²) in [6.07, 6.45) is 5.72. The minimum atomic E-state index is -0.773. The van der Waals surface area contributed by atoms with Gasteiger partial charge in [0.05, 0.1) is 33.7 Å². The Morgan fingerprint density at radius 1 is 0.611 bits per heavy atom. The lowest BCUT2D eigenvalue weighted by Crippen LogP contribution is -2.48. The van der Waals surface area contributed by atoms with Crippen LogP contribution in [0.5, 0.6) is 0 Å². The Morgan fingerprint density at radius 2 is 1.17 bits per heavy atom.